The van der Waals surface area contributed by atoms with Crippen molar-refractivity contribution in [3.63, 3.8) is 0 Å². The van der Waals surface area contributed by atoms with Gasteiger partial charge in [0.05, 0.1) is 5.69 Å². The van der Waals surface area contributed by atoms with E-state index in [4.69, 9.17) is 15.2 Å². The van der Waals surface area contributed by atoms with Crippen LogP contribution in [-0.4, -0.2) is 31.6 Å². The zero-order valence-electron chi connectivity index (χ0n) is 12.4. The third-order valence-corrected chi connectivity index (χ3v) is 2.49. The molecule has 5 nitrogen and oxygen atoms in total. The van der Waals surface area contributed by atoms with Crippen LogP contribution < -0.4 is 5.73 Å². The fourth-order valence-electron chi connectivity index (χ4n) is 1.03. The Labute approximate surface area is 123 Å². The summed E-state index contributed by atoms with van der Waals surface area (Å²) in [6.07, 6.45) is 2.14. The van der Waals surface area contributed by atoms with Gasteiger partial charge in [0.15, 0.2) is 5.60 Å². The van der Waals surface area contributed by atoms with Gasteiger partial charge in [0.25, 0.3) is 0 Å². The lowest BCUT2D eigenvalue weighted by Gasteiger charge is -2.19. The molecule has 0 saturated carbocycles. The number of rotatable bonds is 5. The minimum absolute atomic E-state index is 0.00426. The number of hydrogen-bond donors (Lipinski definition) is 1. The number of carbonyl (C=O) groups is 2. The van der Waals surface area contributed by atoms with Gasteiger partial charge in [-0.15, -0.1) is 0 Å². The molecule has 0 aliphatic carbocycles. The van der Waals surface area contributed by atoms with E-state index in [0.29, 0.717) is 11.8 Å². The minimum Gasteiger partial charge on any atom is -0.459 e. The van der Waals surface area contributed by atoms with E-state index >= 15 is 0 Å². The summed E-state index contributed by atoms with van der Waals surface area (Å²) < 4.78 is 22.0. The Hall–Kier alpha value is -2.21. The quantitative estimate of drug-likeness (QED) is 0.390. The van der Waals surface area contributed by atoms with Gasteiger partial charge in [-0.1, -0.05) is 12.7 Å². The largest absolute Gasteiger partial charge is 0.459 e. The van der Waals surface area contributed by atoms with E-state index in [1.54, 1.807) is 13.8 Å². The summed E-state index contributed by atoms with van der Waals surface area (Å²) in [6, 6.07) is 3.83. The highest BCUT2D eigenvalue weighted by Gasteiger charge is 2.28. The first-order valence-electron chi connectivity index (χ1n) is 6.12. The summed E-state index contributed by atoms with van der Waals surface area (Å²) in [4.78, 5) is 21.2. The smallest absolute Gasteiger partial charge is 0.338 e. The Morgan fingerprint density at radius 3 is 2.52 bits per heavy atom. The maximum Gasteiger partial charge on any atom is 0.338 e. The van der Waals surface area contributed by atoms with Gasteiger partial charge in [-0.3, -0.25) is 4.79 Å². The average Bonchev–Trinajstić information content (AvgIpc) is 2.48. The topological polar surface area (TPSA) is 78.6 Å². The first-order valence-corrected chi connectivity index (χ1v) is 6.12. The molecule has 1 aromatic carbocycles. The number of benzene rings is 1. The van der Waals surface area contributed by atoms with Crippen LogP contribution in [0.4, 0.5) is 10.1 Å². The van der Waals surface area contributed by atoms with Crippen molar-refractivity contribution < 1.29 is 23.5 Å². The van der Waals surface area contributed by atoms with E-state index in [2.05, 4.69) is 6.58 Å². The van der Waals surface area contributed by atoms with Gasteiger partial charge in [0.1, 0.15) is 18.7 Å². The van der Waals surface area contributed by atoms with Gasteiger partial charge in [-0.25, -0.2) is 9.18 Å². The third-order valence-electron chi connectivity index (χ3n) is 2.49. The van der Waals surface area contributed by atoms with Gasteiger partial charge < -0.3 is 15.2 Å². The van der Waals surface area contributed by atoms with Gasteiger partial charge >= 0.3 is 5.97 Å². The fraction of sp³-hybridized carbons (Fsp3) is 0.333. The highest BCUT2D eigenvalue weighted by atomic mass is 19.1. The van der Waals surface area contributed by atoms with E-state index in [9.17, 15) is 14.0 Å². The molecule has 0 saturated heterocycles. The molecule has 0 aromatic heterocycles. The number of anilines is 1. The summed E-state index contributed by atoms with van der Waals surface area (Å²) in [5.41, 5.74) is 4.70. The summed E-state index contributed by atoms with van der Waals surface area (Å²) in [7, 11) is 1.47. The minimum atomic E-state index is -0.858. The highest BCUT2D eigenvalue weighted by Crippen LogP contribution is 2.10. The van der Waals surface area contributed by atoms with Crippen molar-refractivity contribution in [2.75, 3.05) is 19.5 Å². The van der Waals surface area contributed by atoms with E-state index in [1.165, 1.54) is 31.4 Å². The van der Waals surface area contributed by atoms with Gasteiger partial charge in [0, 0.05) is 12.7 Å². The van der Waals surface area contributed by atoms with Gasteiger partial charge in [-0.2, -0.15) is 0 Å². The van der Waals surface area contributed by atoms with Crippen molar-refractivity contribution in [3.05, 3.63) is 42.2 Å². The zero-order chi connectivity index (χ0) is 16.5. The Morgan fingerprint density at radius 1 is 1.48 bits per heavy atom. The second-order valence-electron chi connectivity index (χ2n) is 4.50. The van der Waals surface area contributed by atoms with Crippen LogP contribution in [0.25, 0.3) is 0 Å². The number of methoxy groups -OCH3 is 1. The molecule has 0 amide bonds. The van der Waals surface area contributed by atoms with Crippen LogP contribution >= 0.6 is 0 Å². The average molecular weight is 297 g/mol. The van der Waals surface area contributed by atoms with Crippen molar-refractivity contribution in [2.24, 2.45) is 0 Å². The first kappa shape index (κ1) is 18.8. The van der Waals surface area contributed by atoms with Crippen molar-refractivity contribution in [3.8, 4) is 0 Å². The lowest BCUT2D eigenvalue weighted by molar-refractivity contribution is -0.163. The lowest BCUT2D eigenvalue weighted by Crippen LogP contribution is -2.35. The van der Waals surface area contributed by atoms with Crippen LogP contribution in [-0.2, 0) is 14.3 Å². The summed E-state index contributed by atoms with van der Waals surface area (Å²) in [5.74, 6) is -0.870. The molecular formula is C15H20FNO4. The number of nitrogens with two attached hydrogens (primary N) is 1. The molecule has 0 bridgehead atoms. The van der Waals surface area contributed by atoms with Crippen LogP contribution in [0.5, 0.6) is 0 Å². The van der Waals surface area contributed by atoms with E-state index in [1.807, 2.05) is 0 Å². The Kier molecular flexibility index (Phi) is 7.93. The molecule has 0 unspecified atom stereocenters. The molecule has 1 aromatic rings. The van der Waals surface area contributed by atoms with Gasteiger partial charge in [-0.05, 0) is 32.0 Å². The second-order valence-corrected chi connectivity index (χ2v) is 4.50. The monoisotopic (exact) mass is 297 g/mol. The molecule has 21 heavy (non-hydrogen) atoms. The lowest BCUT2D eigenvalue weighted by atomic mass is 10.1. The van der Waals surface area contributed by atoms with Crippen molar-refractivity contribution in [1.82, 2.24) is 0 Å². The molecular weight excluding hydrogens is 277 g/mol. The van der Waals surface area contributed by atoms with Crippen molar-refractivity contribution in [1.29, 1.82) is 0 Å². The molecule has 1 rings (SSSR count). The van der Waals surface area contributed by atoms with Crippen LogP contribution in [0.1, 0.15) is 24.2 Å². The van der Waals surface area contributed by atoms with Crippen LogP contribution in [0.15, 0.2) is 30.9 Å². The number of nitrogen functional groups attached to an aromatic ring is 1. The van der Waals surface area contributed by atoms with E-state index in [0.717, 1.165) is 0 Å². The number of hydrogen-bond acceptors (Lipinski definition) is 5. The molecule has 0 aliphatic heterocycles. The van der Waals surface area contributed by atoms with Crippen LogP contribution in [0.3, 0.4) is 0 Å². The zero-order valence-corrected chi connectivity index (χ0v) is 12.4. The van der Waals surface area contributed by atoms with Crippen LogP contribution in [0, 0.1) is 5.82 Å². The Bertz CT molecular complexity index is 500. The van der Waals surface area contributed by atoms with Gasteiger partial charge in [0.2, 0.25) is 0 Å². The van der Waals surface area contributed by atoms with Crippen molar-refractivity contribution in [2.45, 2.75) is 19.4 Å². The molecule has 0 radical (unpaired) electrons. The fourth-order valence-corrected chi connectivity index (χ4v) is 1.03. The number of halogens is 1. The number of aldehydes is 1. The molecule has 0 aliphatic rings. The van der Waals surface area contributed by atoms with E-state index < -0.39 is 11.4 Å². The number of esters is 1. The first-order chi connectivity index (χ1) is 9.78. The predicted molar refractivity (Wildman–Crippen MR) is 78.4 cm³/mol. The standard InChI is InChI=1S/C8H14O3.C7H6FNO/c1-5-6-11-7(9)8(2,3)10-4;8-6-2-1-5(4-10)3-7(6)9/h5H,1,6H2,2-4H3;1-4H,9H2. The molecule has 0 heterocycles. The molecule has 2 N–H and O–H groups in total. The SMILES string of the molecule is C=CCOC(=O)C(C)(C)OC.Nc1cc(C=O)ccc1F. The Morgan fingerprint density at radius 2 is 2.10 bits per heavy atom. The summed E-state index contributed by atoms with van der Waals surface area (Å²) in [5, 5.41) is 0. The molecule has 0 spiro atoms. The number of ether oxygens (including phenoxy) is 2. The van der Waals surface area contributed by atoms with Crippen molar-refractivity contribution >= 4 is 17.9 Å². The second kappa shape index (κ2) is 8.86. The molecule has 0 fully saturated rings. The summed E-state index contributed by atoms with van der Waals surface area (Å²) in [6.45, 7) is 6.95. The predicted octanol–water partition coefficient (Wildman–Crippen LogP) is 2.36. The molecule has 6 heteroatoms. The summed E-state index contributed by atoms with van der Waals surface area (Å²) >= 11 is 0. The Balaban J connectivity index is 0.000000382. The molecule has 116 valence electrons. The maximum absolute atomic E-state index is 12.4. The molecule has 0 atom stereocenters. The normalized spacial score (nSPS) is 10.1. The maximum atomic E-state index is 12.4. The number of carbonyl (C=O) groups excluding carboxylic acids is 2. The third kappa shape index (κ3) is 6.67. The van der Waals surface area contributed by atoms with E-state index in [-0.39, 0.29) is 18.3 Å². The highest BCUT2D eigenvalue weighted by molar-refractivity contribution is 5.78. The van der Waals surface area contributed by atoms with Crippen LogP contribution in [0.2, 0.25) is 0 Å².